The third-order valence-electron chi connectivity index (χ3n) is 1.03. The summed E-state index contributed by atoms with van der Waals surface area (Å²) in [5.74, 6) is 1.64. The summed E-state index contributed by atoms with van der Waals surface area (Å²) in [7, 11) is 4.95. The van der Waals surface area contributed by atoms with Gasteiger partial charge in [0, 0.05) is 18.6 Å². The summed E-state index contributed by atoms with van der Waals surface area (Å²) in [6, 6.07) is -0.371. The average Bonchev–Trinajstić information content (AvgIpc) is 2.03. The fourth-order valence-electron chi connectivity index (χ4n) is 0.466. The van der Waals surface area contributed by atoms with E-state index in [0.29, 0.717) is 5.75 Å². The van der Waals surface area contributed by atoms with Crippen LogP contribution in [0.3, 0.4) is 0 Å². The van der Waals surface area contributed by atoms with Crippen LogP contribution in [0.1, 0.15) is 6.92 Å². The molecule has 0 spiro atoms. The molecule has 0 bridgehead atoms. The number of carbonyl (C=O) groups is 1. The van der Waals surface area contributed by atoms with Gasteiger partial charge < -0.3 is 11.1 Å². The Morgan fingerprint density at radius 1 is 1.64 bits per heavy atom. The van der Waals surface area contributed by atoms with Crippen LogP contribution >= 0.6 is 21.6 Å². The summed E-state index contributed by atoms with van der Waals surface area (Å²) in [5.41, 5.74) is 5.52. The maximum absolute atomic E-state index is 10.8. The molecular weight excluding hydrogens is 180 g/mol. The summed E-state index contributed by atoms with van der Waals surface area (Å²) in [6.45, 7) is 2.07. The van der Waals surface area contributed by atoms with Crippen LogP contribution in [0, 0.1) is 0 Å². The number of nitrogens with one attached hydrogen (secondary N) is 1. The molecule has 11 heavy (non-hydrogen) atoms. The van der Waals surface area contributed by atoms with Crippen molar-refractivity contribution in [1.29, 1.82) is 0 Å². The van der Waals surface area contributed by atoms with Gasteiger partial charge in [-0.1, -0.05) is 28.5 Å². The first-order valence-electron chi connectivity index (χ1n) is 3.44. The van der Waals surface area contributed by atoms with Crippen molar-refractivity contribution in [3.63, 3.8) is 0 Å². The quantitative estimate of drug-likeness (QED) is 0.493. The first kappa shape index (κ1) is 11.1. The lowest BCUT2D eigenvalue weighted by atomic mass is 10.3. The smallest absolute Gasteiger partial charge is 0.237 e. The zero-order chi connectivity index (χ0) is 8.69. The summed E-state index contributed by atoms with van der Waals surface area (Å²) >= 11 is 0. The molecular formula is C6H14N2OS2. The van der Waals surface area contributed by atoms with E-state index in [0.717, 1.165) is 5.75 Å². The topological polar surface area (TPSA) is 55.1 Å². The number of hydrogen-bond acceptors (Lipinski definition) is 4. The lowest BCUT2D eigenvalue weighted by molar-refractivity contribution is -0.121. The molecule has 0 heterocycles. The zero-order valence-electron chi connectivity index (χ0n) is 6.79. The maximum atomic E-state index is 10.8. The van der Waals surface area contributed by atoms with E-state index in [1.165, 1.54) is 0 Å². The van der Waals surface area contributed by atoms with Crippen molar-refractivity contribution in [3.8, 4) is 0 Å². The molecule has 0 saturated carbocycles. The van der Waals surface area contributed by atoms with E-state index in [-0.39, 0.29) is 11.9 Å². The molecule has 3 N–H and O–H groups in total. The Kier molecular flexibility index (Phi) is 6.90. The molecule has 1 atom stereocenters. The van der Waals surface area contributed by atoms with Crippen LogP contribution in [0.2, 0.25) is 0 Å². The van der Waals surface area contributed by atoms with Crippen LogP contribution in [0.5, 0.6) is 0 Å². The summed E-state index contributed by atoms with van der Waals surface area (Å²) in [4.78, 5) is 10.8. The number of amides is 1. The highest BCUT2D eigenvalue weighted by molar-refractivity contribution is 8.76. The van der Waals surface area contributed by atoms with Crippen LogP contribution in [-0.4, -0.2) is 30.5 Å². The first-order valence-corrected chi connectivity index (χ1v) is 5.92. The zero-order valence-corrected chi connectivity index (χ0v) is 8.43. The number of hydrogen-bond donors (Lipinski definition) is 2. The summed E-state index contributed by atoms with van der Waals surface area (Å²) < 4.78 is 0. The predicted octanol–water partition coefficient (Wildman–Crippen LogP) is 0.461. The van der Waals surface area contributed by atoms with Crippen molar-refractivity contribution in [2.75, 3.05) is 18.6 Å². The molecule has 1 amide bonds. The van der Waals surface area contributed by atoms with Crippen molar-refractivity contribution in [2.45, 2.75) is 13.0 Å². The van der Waals surface area contributed by atoms with Crippen molar-refractivity contribution in [3.05, 3.63) is 0 Å². The Morgan fingerprint density at radius 3 is 2.73 bits per heavy atom. The largest absolute Gasteiger partial charge is 0.358 e. The minimum atomic E-state index is -0.371. The van der Waals surface area contributed by atoms with Crippen molar-refractivity contribution >= 4 is 27.5 Å². The minimum absolute atomic E-state index is 0.0887. The Morgan fingerprint density at radius 2 is 2.27 bits per heavy atom. The second-order valence-electron chi connectivity index (χ2n) is 1.91. The van der Waals surface area contributed by atoms with E-state index >= 15 is 0 Å². The van der Waals surface area contributed by atoms with Crippen LogP contribution in [0.4, 0.5) is 0 Å². The number of likely N-dealkylation sites (N-methyl/N-ethyl adjacent to an activating group) is 1. The third-order valence-corrected chi connectivity index (χ3v) is 3.54. The molecule has 0 aliphatic rings. The van der Waals surface area contributed by atoms with Gasteiger partial charge in [0.15, 0.2) is 0 Å². The van der Waals surface area contributed by atoms with E-state index in [1.54, 1.807) is 28.6 Å². The molecule has 66 valence electrons. The standard InChI is InChI=1S/C6H14N2OS2/c1-3-10-11-4-5(7)6(9)8-2/h5H,3-4,7H2,1-2H3,(H,8,9). The first-order chi connectivity index (χ1) is 5.22. The molecule has 0 aromatic rings. The second-order valence-corrected chi connectivity index (χ2v) is 4.71. The van der Waals surface area contributed by atoms with Gasteiger partial charge in [-0.15, -0.1) is 0 Å². The lowest BCUT2D eigenvalue weighted by Crippen LogP contribution is -2.40. The Hall–Kier alpha value is 0.130. The predicted molar refractivity (Wildman–Crippen MR) is 52.6 cm³/mol. The monoisotopic (exact) mass is 194 g/mol. The molecule has 0 radical (unpaired) electrons. The highest BCUT2D eigenvalue weighted by Crippen LogP contribution is 2.20. The highest BCUT2D eigenvalue weighted by atomic mass is 33.1. The fraction of sp³-hybridized carbons (Fsp3) is 0.833. The number of nitrogens with two attached hydrogens (primary N) is 1. The Bertz CT molecular complexity index is 121. The molecule has 0 aromatic heterocycles. The Labute approximate surface area is 75.3 Å². The van der Waals surface area contributed by atoms with Crippen molar-refractivity contribution in [2.24, 2.45) is 5.73 Å². The van der Waals surface area contributed by atoms with E-state index in [2.05, 4.69) is 12.2 Å². The van der Waals surface area contributed by atoms with Crippen molar-refractivity contribution in [1.82, 2.24) is 5.32 Å². The Balaban J connectivity index is 3.36. The molecule has 0 aliphatic heterocycles. The highest BCUT2D eigenvalue weighted by Gasteiger charge is 2.10. The van der Waals surface area contributed by atoms with E-state index in [4.69, 9.17) is 5.73 Å². The molecule has 1 unspecified atom stereocenters. The SMILES string of the molecule is CCSSCC(N)C(=O)NC. The van der Waals surface area contributed by atoms with E-state index < -0.39 is 0 Å². The lowest BCUT2D eigenvalue weighted by Gasteiger charge is -2.07. The van der Waals surface area contributed by atoms with Gasteiger partial charge >= 0.3 is 0 Å². The third kappa shape index (κ3) is 5.41. The molecule has 0 aromatic carbocycles. The van der Waals surface area contributed by atoms with Crippen LogP contribution in [-0.2, 0) is 4.79 Å². The fourth-order valence-corrected chi connectivity index (χ4v) is 2.26. The minimum Gasteiger partial charge on any atom is -0.358 e. The van der Waals surface area contributed by atoms with Gasteiger partial charge in [-0.3, -0.25) is 4.79 Å². The second kappa shape index (κ2) is 6.82. The van der Waals surface area contributed by atoms with Gasteiger partial charge in [0.25, 0.3) is 0 Å². The van der Waals surface area contributed by atoms with Crippen LogP contribution < -0.4 is 11.1 Å². The summed E-state index contributed by atoms with van der Waals surface area (Å²) in [5, 5.41) is 2.51. The number of rotatable bonds is 5. The van der Waals surface area contributed by atoms with E-state index in [1.807, 2.05) is 0 Å². The molecule has 3 nitrogen and oxygen atoms in total. The van der Waals surface area contributed by atoms with Gasteiger partial charge in [0.1, 0.15) is 0 Å². The van der Waals surface area contributed by atoms with Gasteiger partial charge in [0.05, 0.1) is 6.04 Å². The van der Waals surface area contributed by atoms with Gasteiger partial charge in [-0.05, 0) is 0 Å². The molecule has 5 heteroatoms. The number of carbonyl (C=O) groups excluding carboxylic acids is 1. The summed E-state index contributed by atoms with van der Waals surface area (Å²) in [6.07, 6.45) is 0. The normalized spacial score (nSPS) is 12.6. The van der Waals surface area contributed by atoms with Gasteiger partial charge in [-0.25, -0.2) is 0 Å². The van der Waals surface area contributed by atoms with Crippen LogP contribution in [0.15, 0.2) is 0 Å². The van der Waals surface area contributed by atoms with Crippen molar-refractivity contribution < 1.29 is 4.79 Å². The van der Waals surface area contributed by atoms with E-state index in [9.17, 15) is 4.79 Å². The van der Waals surface area contributed by atoms with Gasteiger partial charge in [-0.2, -0.15) is 0 Å². The maximum Gasteiger partial charge on any atom is 0.237 e. The molecule has 0 fully saturated rings. The van der Waals surface area contributed by atoms with Crippen LogP contribution in [0.25, 0.3) is 0 Å². The molecule has 0 rings (SSSR count). The average molecular weight is 194 g/mol. The molecule has 0 saturated heterocycles. The van der Waals surface area contributed by atoms with Gasteiger partial charge in [0.2, 0.25) is 5.91 Å². The molecule has 0 aliphatic carbocycles.